The van der Waals surface area contributed by atoms with E-state index in [9.17, 15) is 0 Å². The summed E-state index contributed by atoms with van der Waals surface area (Å²) in [5.41, 5.74) is 0.904. The molecule has 0 atom stereocenters. The van der Waals surface area contributed by atoms with Crippen LogP contribution in [-0.4, -0.2) is 29.7 Å². The van der Waals surface area contributed by atoms with Crippen LogP contribution < -0.4 is 5.32 Å². The molecule has 0 radical (unpaired) electrons. The quantitative estimate of drug-likeness (QED) is 0.611. The minimum atomic E-state index is 0.523. The number of nitrogens with one attached hydrogen (secondary N) is 1. The maximum absolute atomic E-state index is 6.01. The molecule has 5 heteroatoms. The highest BCUT2D eigenvalue weighted by molar-refractivity contribution is 6.30. The molecule has 0 saturated heterocycles. The van der Waals surface area contributed by atoms with Crippen LogP contribution in [0.15, 0.2) is 0 Å². The number of hydrogen-bond acceptors (Lipinski definition) is 4. The smallest absolute Gasteiger partial charge is 0.137 e. The lowest BCUT2D eigenvalue weighted by atomic mass is 10.3. The second-order valence-corrected chi connectivity index (χ2v) is 5.19. The Balaban J connectivity index is 1.68. The maximum atomic E-state index is 6.01. The van der Waals surface area contributed by atoms with Crippen LogP contribution in [0.5, 0.6) is 0 Å². The van der Waals surface area contributed by atoms with E-state index in [0.717, 1.165) is 43.5 Å². The third kappa shape index (κ3) is 4.10. The average Bonchev–Trinajstić information content (AvgIpc) is 3.13. The van der Waals surface area contributed by atoms with Gasteiger partial charge in [-0.25, -0.2) is 9.97 Å². The van der Waals surface area contributed by atoms with Crippen molar-refractivity contribution >= 4 is 17.4 Å². The molecule has 0 aliphatic heterocycles. The molecule has 0 amide bonds. The molecule has 1 aromatic rings. The Morgan fingerprint density at radius 2 is 2.11 bits per heavy atom. The summed E-state index contributed by atoms with van der Waals surface area (Å²) in [7, 11) is 0. The van der Waals surface area contributed by atoms with Gasteiger partial charge < -0.3 is 10.1 Å². The van der Waals surface area contributed by atoms with Crippen molar-refractivity contribution in [1.29, 1.82) is 0 Å². The third-order valence-corrected chi connectivity index (χ3v) is 3.37. The van der Waals surface area contributed by atoms with Gasteiger partial charge >= 0.3 is 0 Å². The molecular formula is C13H20ClN3O. The lowest BCUT2D eigenvalue weighted by Gasteiger charge is -2.10. The molecule has 0 bridgehead atoms. The molecule has 1 fully saturated rings. The number of aryl methyl sites for hydroxylation is 1. The number of aromatic nitrogens is 2. The Morgan fingerprint density at radius 3 is 2.83 bits per heavy atom. The highest BCUT2D eigenvalue weighted by Crippen LogP contribution is 2.28. The van der Waals surface area contributed by atoms with Gasteiger partial charge in [0.25, 0.3) is 0 Å². The van der Waals surface area contributed by atoms with Crippen LogP contribution >= 0.6 is 11.6 Å². The SMILES string of the molecule is Cc1nc(Cl)c(C)c(NCCCOCC2CC2)n1. The summed E-state index contributed by atoms with van der Waals surface area (Å²) in [4.78, 5) is 8.45. The van der Waals surface area contributed by atoms with Crippen molar-refractivity contribution in [3.05, 3.63) is 16.5 Å². The zero-order chi connectivity index (χ0) is 13.0. The first kappa shape index (κ1) is 13.6. The van der Waals surface area contributed by atoms with Crippen LogP contribution in [0, 0.1) is 19.8 Å². The van der Waals surface area contributed by atoms with E-state index >= 15 is 0 Å². The lowest BCUT2D eigenvalue weighted by molar-refractivity contribution is 0.124. The standard InChI is InChI=1S/C13H20ClN3O/c1-9-12(14)16-10(2)17-13(9)15-6-3-7-18-8-11-4-5-11/h11H,3-8H2,1-2H3,(H,15,16,17). The Hall–Kier alpha value is -0.870. The Morgan fingerprint density at radius 1 is 1.33 bits per heavy atom. The fraction of sp³-hybridized carbons (Fsp3) is 0.692. The van der Waals surface area contributed by atoms with Gasteiger partial charge in [-0.1, -0.05) is 11.6 Å². The predicted octanol–water partition coefficient (Wildman–Crippen LogP) is 2.98. The molecule has 0 aromatic carbocycles. The Kier molecular flexibility index (Phi) is 4.78. The highest BCUT2D eigenvalue weighted by Gasteiger charge is 2.20. The zero-order valence-corrected chi connectivity index (χ0v) is 11.8. The maximum Gasteiger partial charge on any atom is 0.137 e. The molecule has 2 rings (SSSR count). The molecule has 18 heavy (non-hydrogen) atoms. The number of hydrogen-bond donors (Lipinski definition) is 1. The molecule has 1 heterocycles. The molecule has 4 nitrogen and oxygen atoms in total. The minimum absolute atomic E-state index is 0.523. The fourth-order valence-corrected chi connectivity index (χ4v) is 1.89. The number of ether oxygens (including phenoxy) is 1. The van der Waals surface area contributed by atoms with E-state index in [1.54, 1.807) is 0 Å². The molecule has 1 aliphatic rings. The van der Waals surface area contributed by atoms with Crippen molar-refractivity contribution in [2.45, 2.75) is 33.1 Å². The summed E-state index contributed by atoms with van der Waals surface area (Å²) in [5, 5.41) is 3.81. The van der Waals surface area contributed by atoms with E-state index < -0.39 is 0 Å². The largest absolute Gasteiger partial charge is 0.381 e. The number of rotatable bonds is 7. The number of nitrogens with zero attached hydrogens (tertiary/aromatic N) is 2. The first-order chi connectivity index (χ1) is 8.66. The Labute approximate surface area is 113 Å². The summed E-state index contributed by atoms with van der Waals surface area (Å²) in [6, 6.07) is 0. The second kappa shape index (κ2) is 6.34. The van der Waals surface area contributed by atoms with Crippen LogP contribution in [0.25, 0.3) is 0 Å². The molecule has 1 N–H and O–H groups in total. The first-order valence-electron chi connectivity index (χ1n) is 6.49. The van der Waals surface area contributed by atoms with E-state index in [1.165, 1.54) is 12.8 Å². The second-order valence-electron chi connectivity index (χ2n) is 4.83. The van der Waals surface area contributed by atoms with E-state index in [4.69, 9.17) is 16.3 Å². The average molecular weight is 270 g/mol. The van der Waals surface area contributed by atoms with E-state index in [1.807, 2.05) is 13.8 Å². The van der Waals surface area contributed by atoms with Gasteiger partial charge in [0.1, 0.15) is 16.8 Å². The van der Waals surface area contributed by atoms with Gasteiger partial charge in [-0.15, -0.1) is 0 Å². The molecule has 0 unspecified atom stereocenters. The van der Waals surface area contributed by atoms with Crippen LogP contribution in [-0.2, 0) is 4.74 Å². The van der Waals surface area contributed by atoms with Crippen molar-refractivity contribution in [3.63, 3.8) is 0 Å². The summed E-state index contributed by atoms with van der Waals surface area (Å²) >= 11 is 6.01. The van der Waals surface area contributed by atoms with E-state index in [0.29, 0.717) is 11.0 Å². The van der Waals surface area contributed by atoms with Crippen LogP contribution in [0.2, 0.25) is 5.15 Å². The van der Waals surface area contributed by atoms with Gasteiger partial charge in [0, 0.05) is 25.3 Å². The van der Waals surface area contributed by atoms with E-state index in [2.05, 4.69) is 15.3 Å². The van der Waals surface area contributed by atoms with Gasteiger partial charge in [0.05, 0.1) is 0 Å². The molecule has 1 saturated carbocycles. The van der Waals surface area contributed by atoms with Crippen molar-refractivity contribution in [1.82, 2.24) is 9.97 Å². The molecule has 0 spiro atoms. The first-order valence-corrected chi connectivity index (χ1v) is 6.87. The molecule has 1 aliphatic carbocycles. The monoisotopic (exact) mass is 269 g/mol. The molecule has 1 aromatic heterocycles. The normalized spacial score (nSPS) is 14.8. The minimum Gasteiger partial charge on any atom is -0.381 e. The molecular weight excluding hydrogens is 250 g/mol. The highest BCUT2D eigenvalue weighted by atomic mass is 35.5. The zero-order valence-electron chi connectivity index (χ0n) is 11.0. The van der Waals surface area contributed by atoms with Gasteiger partial charge in [0.15, 0.2) is 0 Å². The Bertz CT molecular complexity index is 407. The van der Waals surface area contributed by atoms with Crippen molar-refractivity contribution in [2.75, 3.05) is 25.1 Å². The fourth-order valence-electron chi connectivity index (χ4n) is 1.68. The third-order valence-electron chi connectivity index (χ3n) is 3.01. The van der Waals surface area contributed by atoms with Gasteiger partial charge in [0.2, 0.25) is 0 Å². The van der Waals surface area contributed by atoms with Crippen molar-refractivity contribution in [3.8, 4) is 0 Å². The summed E-state index contributed by atoms with van der Waals surface area (Å²) in [5.74, 6) is 2.36. The van der Waals surface area contributed by atoms with Crippen molar-refractivity contribution < 1.29 is 4.74 Å². The summed E-state index contributed by atoms with van der Waals surface area (Å²) in [6.45, 7) is 6.35. The van der Waals surface area contributed by atoms with Crippen LogP contribution in [0.3, 0.4) is 0 Å². The van der Waals surface area contributed by atoms with E-state index in [-0.39, 0.29) is 0 Å². The van der Waals surface area contributed by atoms with Gasteiger partial charge in [-0.05, 0) is 39.0 Å². The summed E-state index contributed by atoms with van der Waals surface area (Å²) < 4.78 is 5.57. The van der Waals surface area contributed by atoms with Crippen LogP contribution in [0.4, 0.5) is 5.82 Å². The van der Waals surface area contributed by atoms with Gasteiger partial charge in [-0.2, -0.15) is 0 Å². The topological polar surface area (TPSA) is 47.0 Å². The van der Waals surface area contributed by atoms with Crippen molar-refractivity contribution in [2.24, 2.45) is 5.92 Å². The van der Waals surface area contributed by atoms with Gasteiger partial charge in [-0.3, -0.25) is 0 Å². The number of anilines is 1. The summed E-state index contributed by atoms with van der Waals surface area (Å²) in [6.07, 6.45) is 3.67. The lowest BCUT2D eigenvalue weighted by Crippen LogP contribution is -2.10. The molecule has 100 valence electrons. The predicted molar refractivity (Wildman–Crippen MR) is 73.2 cm³/mol. The number of halogens is 1. The van der Waals surface area contributed by atoms with Crippen LogP contribution in [0.1, 0.15) is 30.7 Å².